The van der Waals surface area contributed by atoms with Crippen LogP contribution in [-0.4, -0.2) is 0 Å². The van der Waals surface area contributed by atoms with Crippen molar-refractivity contribution in [2.24, 2.45) is 0 Å². The summed E-state index contributed by atoms with van der Waals surface area (Å²) in [5, 5.41) is 0.989. The standard InChI is InChI=1S/C18H15NS.4C2H6.2CH3.5Y/c1-14-18(13-16-9-5-3-6-10-16)20-15(2)19(14)17-11-7-4-8-12-17;4*1-2;;;;;;;/h3-13H,1-2H2;4*1-2H3;2*1H3;;;;;/q;;;;;2*-1;;;;;. The van der Waals surface area contributed by atoms with Crippen LogP contribution in [0.3, 0.4) is 0 Å². The summed E-state index contributed by atoms with van der Waals surface area (Å²) in [5.41, 5.74) is 3.26. The van der Waals surface area contributed by atoms with Gasteiger partial charge in [0.05, 0.1) is 10.7 Å². The Morgan fingerprint density at radius 3 is 1.31 bits per heavy atom. The zero-order valence-electron chi connectivity index (χ0n) is 24.0. The Labute approximate surface area is 350 Å². The minimum Gasteiger partial charge on any atom is -0.358 e. The molecule has 1 saturated heterocycles. The summed E-state index contributed by atoms with van der Waals surface area (Å²) in [4.78, 5) is 3.24. The van der Waals surface area contributed by atoms with Gasteiger partial charge in [0.15, 0.2) is 0 Å². The van der Waals surface area contributed by atoms with E-state index in [-0.39, 0.29) is 178 Å². The molecule has 0 atom stereocenters. The second-order valence-corrected chi connectivity index (χ2v) is 5.65. The van der Waals surface area contributed by atoms with Crippen molar-refractivity contribution in [2.45, 2.75) is 55.4 Å². The predicted octanol–water partition coefficient (Wildman–Crippen LogP) is 10.3. The summed E-state index contributed by atoms with van der Waals surface area (Å²) in [6.07, 6.45) is 2.15. The minimum atomic E-state index is 0. The molecule has 1 nitrogen and oxygen atoms in total. The molecule has 35 heavy (non-hydrogen) atoms. The molecule has 2 aromatic rings. The van der Waals surface area contributed by atoms with E-state index >= 15 is 0 Å². The molecular formula is C28H45NSY5-2. The van der Waals surface area contributed by atoms with Gasteiger partial charge in [0.25, 0.3) is 0 Å². The van der Waals surface area contributed by atoms with E-state index in [0.717, 1.165) is 21.3 Å². The van der Waals surface area contributed by atoms with Crippen molar-refractivity contribution >= 4 is 23.5 Å². The summed E-state index contributed by atoms with van der Waals surface area (Å²) in [6.45, 7) is 24.4. The van der Waals surface area contributed by atoms with Crippen LogP contribution in [0.1, 0.15) is 61.0 Å². The summed E-state index contributed by atoms with van der Waals surface area (Å²) in [6, 6.07) is 20.5. The Morgan fingerprint density at radius 2 is 0.943 bits per heavy atom. The zero-order chi connectivity index (χ0) is 21.9. The quantitative estimate of drug-likeness (QED) is 0.277. The monoisotopic (exact) mass is 872 g/mol. The van der Waals surface area contributed by atoms with Gasteiger partial charge in [-0.05, 0) is 23.8 Å². The Kier molecular flexibility index (Phi) is 78.7. The molecule has 1 heterocycles. The third kappa shape index (κ3) is 24.8. The van der Waals surface area contributed by atoms with Crippen molar-refractivity contribution < 1.29 is 164 Å². The normalized spacial score (nSPS) is 10.4. The molecule has 0 unspecified atom stereocenters. The largest absolute Gasteiger partial charge is 0.358 e. The van der Waals surface area contributed by atoms with Crippen LogP contribution in [0.4, 0.5) is 5.69 Å². The van der Waals surface area contributed by atoms with Gasteiger partial charge in [-0.25, -0.2) is 0 Å². The first-order chi connectivity index (χ1) is 13.8. The second-order valence-electron chi connectivity index (χ2n) is 4.53. The van der Waals surface area contributed by atoms with Crippen LogP contribution in [0.25, 0.3) is 6.08 Å². The van der Waals surface area contributed by atoms with Crippen molar-refractivity contribution in [3.63, 3.8) is 0 Å². The van der Waals surface area contributed by atoms with Crippen LogP contribution in [-0.2, 0) is 164 Å². The van der Waals surface area contributed by atoms with E-state index in [1.54, 1.807) is 11.8 Å². The van der Waals surface area contributed by atoms with Gasteiger partial charge < -0.3 is 19.8 Å². The predicted molar refractivity (Wildman–Crippen MR) is 147 cm³/mol. The number of anilines is 1. The first-order valence-electron chi connectivity index (χ1n) is 10.4. The Morgan fingerprint density at radius 1 is 0.600 bits per heavy atom. The summed E-state index contributed by atoms with van der Waals surface area (Å²) in [5.74, 6) is 0. The van der Waals surface area contributed by atoms with Gasteiger partial charge in [-0.15, -0.1) is 0 Å². The van der Waals surface area contributed by atoms with Crippen LogP contribution in [0.15, 0.2) is 89.5 Å². The van der Waals surface area contributed by atoms with Crippen LogP contribution in [0, 0.1) is 14.9 Å². The zero-order valence-corrected chi connectivity index (χ0v) is 39.0. The maximum absolute atomic E-state index is 4.22. The molecule has 0 amide bonds. The van der Waals surface area contributed by atoms with Crippen LogP contribution < -0.4 is 4.90 Å². The smallest absolute Gasteiger partial charge is 0.0774 e. The molecule has 0 spiro atoms. The molecule has 7 heteroatoms. The number of benzene rings is 2. The van der Waals surface area contributed by atoms with Crippen molar-refractivity contribution in [3.05, 3.63) is 110 Å². The first-order valence-corrected chi connectivity index (χ1v) is 11.3. The summed E-state index contributed by atoms with van der Waals surface area (Å²) in [7, 11) is 0. The van der Waals surface area contributed by atoms with E-state index in [0.29, 0.717) is 0 Å². The van der Waals surface area contributed by atoms with Crippen molar-refractivity contribution in [1.29, 1.82) is 0 Å². The average molecular weight is 872 g/mol. The first kappa shape index (κ1) is 62.1. The Balaban J connectivity index is -0.0000000590. The van der Waals surface area contributed by atoms with E-state index in [9.17, 15) is 0 Å². The minimum absolute atomic E-state index is 0. The molecule has 1 aliphatic heterocycles. The molecule has 185 valence electrons. The molecular weight excluding hydrogens is 827 g/mol. The third-order valence-corrected chi connectivity index (χ3v) is 4.13. The van der Waals surface area contributed by atoms with Gasteiger partial charge in [-0.2, -0.15) is 0 Å². The topological polar surface area (TPSA) is 3.24 Å². The fourth-order valence-electron chi connectivity index (χ4n) is 2.18. The van der Waals surface area contributed by atoms with Crippen LogP contribution >= 0.6 is 11.8 Å². The molecule has 3 rings (SSSR count). The maximum Gasteiger partial charge on any atom is 0.0774 e. The molecule has 0 N–H and O–H groups in total. The van der Waals surface area contributed by atoms with Crippen molar-refractivity contribution in [2.75, 3.05) is 4.90 Å². The molecule has 5 radical (unpaired) electrons. The Bertz CT molecular complexity index is 693. The van der Waals surface area contributed by atoms with Crippen LogP contribution in [0.2, 0.25) is 0 Å². The van der Waals surface area contributed by atoms with Crippen molar-refractivity contribution in [3.8, 4) is 0 Å². The molecule has 0 saturated carbocycles. The Hall–Kier alpha value is 3.33. The number of thioether (sulfide) groups is 1. The molecule has 1 aliphatic rings. The summed E-state index contributed by atoms with van der Waals surface area (Å²) >= 11 is 1.66. The van der Waals surface area contributed by atoms with E-state index < -0.39 is 0 Å². The molecule has 1 fully saturated rings. The number of para-hydroxylation sites is 1. The van der Waals surface area contributed by atoms with E-state index in [1.807, 2.05) is 91.8 Å². The van der Waals surface area contributed by atoms with Gasteiger partial charge in [0.1, 0.15) is 0 Å². The molecule has 0 aliphatic carbocycles. The fourth-order valence-corrected chi connectivity index (χ4v) is 3.15. The molecule has 0 bridgehead atoms. The van der Waals surface area contributed by atoms with Gasteiger partial charge in [-0.1, -0.05) is 129 Å². The van der Waals surface area contributed by atoms with Gasteiger partial charge in [0.2, 0.25) is 0 Å². The number of nitrogens with zero attached hydrogens (tertiary/aromatic N) is 1. The second kappa shape index (κ2) is 44.4. The SMILES string of the molecule is C=C1SC(=Cc2ccccc2)C(=C)N1c1ccccc1.CC.CC.CC.CC.[CH3-].[CH3-].[Y].[Y].[Y].[Y].[Y]. The van der Waals surface area contributed by atoms with Crippen molar-refractivity contribution in [1.82, 2.24) is 0 Å². The van der Waals surface area contributed by atoms with Gasteiger partial charge >= 0.3 is 0 Å². The number of hydrogen-bond acceptors (Lipinski definition) is 2. The van der Waals surface area contributed by atoms with Gasteiger partial charge in [-0.3, -0.25) is 0 Å². The van der Waals surface area contributed by atoms with E-state index in [2.05, 4.69) is 48.4 Å². The van der Waals surface area contributed by atoms with Crippen LogP contribution in [0.5, 0.6) is 0 Å². The van der Waals surface area contributed by atoms with E-state index in [1.165, 1.54) is 5.56 Å². The van der Waals surface area contributed by atoms with Gasteiger partial charge in [0, 0.05) is 174 Å². The number of rotatable bonds is 2. The number of hydrogen-bond donors (Lipinski definition) is 0. The third-order valence-electron chi connectivity index (χ3n) is 3.14. The van der Waals surface area contributed by atoms with E-state index in [4.69, 9.17) is 0 Å². The molecule has 0 aromatic heterocycles. The average Bonchev–Trinajstić information content (AvgIpc) is 3.08. The fraction of sp³-hybridized carbons (Fsp3) is 0.286. The maximum atomic E-state index is 4.22. The summed E-state index contributed by atoms with van der Waals surface area (Å²) < 4.78 is 0. The molecule has 2 aromatic carbocycles.